The first kappa shape index (κ1) is 13.5. The van der Waals surface area contributed by atoms with E-state index >= 15 is 0 Å². The molecule has 0 aliphatic carbocycles. The zero-order valence-electron chi connectivity index (χ0n) is 9.65. The molecule has 0 aliphatic rings. The van der Waals surface area contributed by atoms with Crippen LogP contribution in [-0.2, 0) is 0 Å². The van der Waals surface area contributed by atoms with Crippen molar-refractivity contribution in [1.82, 2.24) is 0 Å². The lowest BCUT2D eigenvalue weighted by molar-refractivity contribution is 0.130. The Kier molecular flexibility index (Phi) is 3.80. The Morgan fingerprint density at radius 1 is 1.12 bits per heavy atom. The van der Waals surface area contributed by atoms with Gasteiger partial charge in [-0.15, -0.1) is 0 Å². The molecule has 17 heavy (non-hydrogen) atoms. The second-order valence-corrected chi connectivity index (χ2v) is 4.43. The Labute approximate surface area is 96.7 Å². The normalized spacial score (nSPS) is 11.2. The van der Waals surface area contributed by atoms with Gasteiger partial charge in [-0.2, -0.15) is 8.78 Å². The average molecular weight is 248 g/mol. The summed E-state index contributed by atoms with van der Waals surface area (Å²) >= 11 is 0. The maximum atomic E-state index is 13.3. The summed E-state index contributed by atoms with van der Waals surface area (Å²) in [7, 11) is 0. The monoisotopic (exact) mass is 248 g/mol. The topological polar surface area (TPSA) is 9.23 Å². The fraction of sp³-hybridized carbons (Fsp3) is 0.333. The van der Waals surface area contributed by atoms with E-state index in [9.17, 15) is 17.6 Å². The quantitative estimate of drug-likeness (QED) is 0.698. The Morgan fingerprint density at radius 2 is 1.71 bits per heavy atom. The summed E-state index contributed by atoms with van der Waals surface area (Å²) in [5.41, 5.74) is -1.32. The standard InChI is InChI=1S/C12H12F4O/c1-12(2,3)17-7-4-5-8(9(13)6-7)10(14)11(15)16/h4-6H,1-3H3. The minimum Gasteiger partial charge on any atom is -0.488 e. The van der Waals surface area contributed by atoms with Crippen LogP contribution in [0.1, 0.15) is 26.3 Å². The van der Waals surface area contributed by atoms with Gasteiger partial charge < -0.3 is 4.74 Å². The summed E-state index contributed by atoms with van der Waals surface area (Å²) in [5, 5.41) is 0. The Hall–Kier alpha value is -1.52. The summed E-state index contributed by atoms with van der Waals surface area (Å²) in [6.07, 6.45) is -2.55. The molecule has 0 spiro atoms. The van der Waals surface area contributed by atoms with Gasteiger partial charge in [-0.05, 0) is 32.9 Å². The molecule has 1 rings (SSSR count). The van der Waals surface area contributed by atoms with Crippen LogP contribution in [0.3, 0.4) is 0 Å². The molecule has 0 saturated heterocycles. The molecule has 0 saturated carbocycles. The van der Waals surface area contributed by atoms with Crippen molar-refractivity contribution in [2.24, 2.45) is 0 Å². The highest BCUT2D eigenvalue weighted by atomic mass is 19.3. The van der Waals surface area contributed by atoms with Crippen LogP contribution in [-0.4, -0.2) is 5.60 Å². The van der Waals surface area contributed by atoms with Gasteiger partial charge in [0.25, 0.3) is 0 Å². The Balaban J connectivity index is 3.07. The number of rotatable bonds is 2. The Bertz CT molecular complexity index is 442. The molecular weight excluding hydrogens is 236 g/mol. The summed E-state index contributed by atoms with van der Waals surface area (Å²) in [6, 6.07) is 3.04. The Morgan fingerprint density at radius 3 is 2.12 bits per heavy atom. The molecule has 0 atom stereocenters. The van der Waals surface area contributed by atoms with Crippen LogP contribution in [0.15, 0.2) is 24.3 Å². The van der Waals surface area contributed by atoms with Gasteiger partial charge in [0.05, 0.1) is 5.56 Å². The van der Waals surface area contributed by atoms with Gasteiger partial charge in [0.15, 0.2) is 5.83 Å². The summed E-state index contributed by atoms with van der Waals surface area (Å²) in [6.45, 7) is 5.25. The third-order valence-corrected chi connectivity index (χ3v) is 1.77. The maximum Gasteiger partial charge on any atom is 0.306 e. The minimum absolute atomic E-state index is 0.158. The van der Waals surface area contributed by atoms with Crippen molar-refractivity contribution in [3.05, 3.63) is 35.7 Å². The van der Waals surface area contributed by atoms with E-state index in [2.05, 4.69) is 0 Å². The molecule has 0 unspecified atom stereocenters. The number of benzene rings is 1. The maximum absolute atomic E-state index is 13.3. The summed E-state index contributed by atoms with van der Waals surface area (Å²) in [4.78, 5) is 0. The zero-order valence-corrected chi connectivity index (χ0v) is 9.65. The van der Waals surface area contributed by atoms with Crippen molar-refractivity contribution in [2.75, 3.05) is 0 Å². The molecule has 0 amide bonds. The van der Waals surface area contributed by atoms with E-state index in [1.807, 2.05) is 0 Å². The first-order valence-corrected chi connectivity index (χ1v) is 4.90. The lowest BCUT2D eigenvalue weighted by atomic mass is 10.1. The third kappa shape index (κ3) is 3.76. The van der Waals surface area contributed by atoms with E-state index in [0.717, 1.165) is 12.1 Å². The van der Waals surface area contributed by atoms with Crippen LogP contribution in [0.4, 0.5) is 17.6 Å². The SMILES string of the molecule is CC(C)(C)Oc1ccc(C(F)=C(F)F)c(F)c1. The van der Waals surface area contributed by atoms with Crippen LogP contribution >= 0.6 is 0 Å². The fourth-order valence-corrected chi connectivity index (χ4v) is 1.19. The predicted octanol–water partition coefficient (Wildman–Crippen LogP) is 4.54. The fourth-order valence-electron chi connectivity index (χ4n) is 1.19. The van der Waals surface area contributed by atoms with E-state index in [4.69, 9.17) is 4.74 Å². The van der Waals surface area contributed by atoms with Gasteiger partial charge in [-0.25, -0.2) is 8.78 Å². The molecule has 1 aromatic carbocycles. The second-order valence-electron chi connectivity index (χ2n) is 4.43. The molecule has 0 fully saturated rings. The molecule has 0 N–H and O–H groups in total. The van der Waals surface area contributed by atoms with Crippen molar-refractivity contribution < 1.29 is 22.3 Å². The van der Waals surface area contributed by atoms with Crippen LogP contribution in [0.25, 0.3) is 5.83 Å². The molecule has 94 valence electrons. The van der Waals surface area contributed by atoms with Crippen molar-refractivity contribution in [3.63, 3.8) is 0 Å². The first-order valence-electron chi connectivity index (χ1n) is 4.90. The van der Waals surface area contributed by atoms with Gasteiger partial charge in [0.2, 0.25) is 0 Å². The lowest BCUT2D eigenvalue weighted by Gasteiger charge is -2.21. The highest BCUT2D eigenvalue weighted by Gasteiger charge is 2.17. The highest BCUT2D eigenvalue weighted by molar-refractivity contribution is 5.60. The number of halogens is 4. The van der Waals surface area contributed by atoms with Crippen LogP contribution < -0.4 is 4.74 Å². The van der Waals surface area contributed by atoms with Crippen molar-refractivity contribution >= 4 is 5.83 Å². The number of ether oxygens (including phenoxy) is 1. The summed E-state index contributed by atoms with van der Waals surface area (Å²) < 4.78 is 55.4. The van der Waals surface area contributed by atoms with Crippen LogP contribution in [0.2, 0.25) is 0 Å². The predicted molar refractivity (Wildman–Crippen MR) is 57.0 cm³/mol. The van der Waals surface area contributed by atoms with E-state index in [0.29, 0.717) is 0 Å². The molecular formula is C12H12F4O. The molecule has 0 aliphatic heterocycles. The van der Waals surface area contributed by atoms with Gasteiger partial charge in [-0.1, -0.05) is 0 Å². The molecule has 0 radical (unpaired) electrons. The van der Waals surface area contributed by atoms with Gasteiger partial charge in [0.1, 0.15) is 17.2 Å². The minimum atomic E-state index is -2.55. The number of hydrogen-bond acceptors (Lipinski definition) is 1. The van der Waals surface area contributed by atoms with E-state index in [1.165, 1.54) is 6.07 Å². The number of hydrogen-bond donors (Lipinski definition) is 0. The first-order chi connectivity index (χ1) is 7.70. The summed E-state index contributed by atoms with van der Waals surface area (Å²) in [5.74, 6) is -2.78. The van der Waals surface area contributed by atoms with E-state index < -0.39 is 28.9 Å². The molecule has 0 bridgehead atoms. The molecule has 1 aromatic rings. The zero-order chi connectivity index (χ0) is 13.2. The largest absolute Gasteiger partial charge is 0.488 e. The lowest BCUT2D eigenvalue weighted by Crippen LogP contribution is -2.23. The third-order valence-electron chi connectivity index (χ3n) is 1.77. The second kappa shape index (κ2) is 4.77. The molecule has 5 heteroatoms. The highest BCUT2D eigenvalue weighted by Crippen LogP contribution is 2.28. The van der Waals surface area contributed by atoms with E-state index in [-0.39, 0.29) is 5.75 Å². The average Bonchev–Trinajstić information content (AvgIpc) is 2.14. The van der Waals surface area contributed by atoms with E-state index in [1.54, 1.807) is 20.8 Å². The van der Waals surface area contributed by atoms with Crippen LogP contribution in [0.5, 0.6) is 5.75 Å². The van der Waals surface area contributed by atoms with Crippen molar-refractivity contribution in [3.8, 4) is 5.75 Å². The van der Waals surface area contributed by atoms with Gasteiger partial charge in [0, 0.05) is 6.07 Å². The van der Waals surface area contributed by atoms with Gasteiger partial charge in [-0.3, -0.25) is 0 Å². The molecule has 1 nitrogen and oxygen atoms in total. The van der Waals surface area contributed by atoms with Crippen molar-refractivity contribution in [1.29, 1.82) is 0 Å². The smallest absolute Gasteiger partial charge is 0.306 e. The molecule has 0 heterocycles. The molecule has 0 aromatic heterocycles. The van der Waals surface area contributed by atoms with Crippen LogP contribution in [0, 0.1) is 5.82 Å². The van der Waals surface area contributed by atoms with Gasteiger partial charge >= 0.3 is 6.08 Å². The van der Waals surface area contributed by atoms with Crippen molar-refractivity contribution in [2.45, 2.75) is 26.4 Å².